The monoisotopic (exact) mass is 533 g/mol. The first-order chi connectivity index (χ1) is 18.8. The Hall–Kier alpha value is -0.660. The molecule has 0 aromatic carbocycles. The maximum Gasteiger partial charge on any atom is 0.100 e. The fourth-order valence-corrected chi connectivity index (χ4v) is 6.23. The van der Waals surface area contributed by atoms with Gasteiger partial charge in [-0.15, -0.1) is 0 Å². The second-order valence-corrected chi connectivity index (χ2v) is 12.7. The molecule has 0 aromatic rings. The molecule has 38 heavy (non-hydrogen) atoms. The van der Waals surface area contributed by atoms with Crippen molar-refractivity contribution in [3.05, 3.63) is 12.4 Å². The molecule has 0 N–H and O–H groups in total. The van der Waals surface area contributed by atoms with Crippen LogP contribution in [-0.2, 0) is 0 Å². The zero-order valence-electron chi connectivity index (χ0n) is 26.8. The van der Waals surface area contributed by atoms with Gasteiger partial charge in [0.2, 0.25) is 0 Å². The van der Waals surface area contributed by atoms with E-state index in [0.717, 1.165) is 0 Å². The lowest BCUT2D eigenvalue weighted by atomic mass is 10.0. The van der Waals surface area contributed by atoms with E-state index < -0.39 is 0 Å². The maximum atomic E-state index is 2.63. The summed E-state index contributed by atoms with van der Waals surface area (Å²) >= 11 is 0. The summed E-state index contributed by atoms with van der Waals surface area (Å²) in [5.41, 5.74) is 0. The van der Waals surface area contributed by atoms with Crippen molar-refractivity contribution in [1.29, 1.82) is 0 Å². The normalized spacial score (nSPS) is 15.3. The molecule has 1 rings (SSSR count). The highest BCUT2D eigenvalue weighted by molar-refractivity contribution is 4.95. The molecule has 0 aromatic heterocycles. The van der Waals surface area contributed by atoms with E-state index in [4.69, 9.17) is 0 Å². The van der Waals surface area contributed by atoms with Gasteiger partial charge in [-0.1, -0.05) is 181 Å². The fourth-order valence-electron chi connectivity index (χ4n) is 6.23. The molecule has 0 amide bonds. The fraction of sp³-hybridized carbons (Fsp3) is 0.944. The maximum absolute atomic E-state index is 2.63. The van der Waals surface area contributed by atoms with Crippen molar-refractivity contribution < 1.29 is 0 Å². The van der Waals surface area contributed by atoms with E-state index in [0.29, 0.717) is 6.17 Å². The van der Waals surface area contributed by atoms with Gasteiger partial charge < -0.3 is 9.80 Å². The lowest BCUT2D eigenvalue weighted by Gasteiger charge is -2.30. The highest BCUT2D eigenvalue weighted by Gasteiger charge is 2.22. The van der Waals surface area contributed by atoms with E-state index in [1.807, 2.05) is 0 Å². The molecule has 1 heterocycles. The van der Waals surface area contributed by atoms with Gasteiger partial charge in [-0.25, -0.2) is 0 Å². The largest absolute Gasteiger partial charge is 0.359 e. The van der Waals surface area contributed by atoms with Crippen LogP contribution in [0.3, 0.4) is 0 Å². The van der Waals surface area contributed by atoms with Crippen molar-refractivity contribution in [2.45, 2.75) is 206 Å². The summed E-state index contributed by atoms with van der Waals surface area (Å²) in [5, 5.41) is 0. The Balaban J connectivity index is 1.88. The summed E-state index contributed by atoms with van der Waals surface area (Å²) in [6, 6.07) is 0. The van der Waals surface area contributed by atoms with Crippen LogP contribution in [0.15, 0.2) is 12.4 Å². The van der Waals surface area contributed by atoms with E-state index in [2.05, 4.69) is 43.1 Å². The van der Waals surface area contributed by atoms with Crippen LogP contribution < -0.4 is 0 Å². The molecule has 2 nitrogen and oxygen atoms in total. The van der Waals surface area contributed by atoms with Crippen molar-refractivity contribution in [3.8, 4) is 0 Å². The Labute approximate surface area is 241 Å². The summed E-state index contributed by atoms with van der Waals surface area (Å²) < 4.78 is 0. The third kappa shape index (κ3) is 21.2. The van der Waals surface area contributed by atoms with Gasteiger partial charge >= 0.3 is 0 Å². The molecule has 1 unspecified atom stereocenters. The minimum atomic E-state index is 0.620. The highest BCUT2D eigenvalue weighted by atomic mass is 15.4. The zero-order valence-corrected chi connectivity index (χ0v) is 26.8. The zero-order chi connectivity index (χ0) is 27.4. The number of nitrogens with zero attached hydrogens (tertiary/aromatic N) is 2. The quantitative estimate of drug-likeness (QED) is 0.0848. The molecule has 0 aliphatic carbocycles. The predicted molar refractivity (Wildman–Crippen MR) is 173 cm³/mol. The summed E-state index contributed by atoms with van der Waals surface area (Å²) in [4.78, 5) is 5.08. The van der Waals surface area contributed by atoms with Gasteiger partial charge in [0.1, 0.15) is 6.17 Å². The molecule has 0 saturated carbocycles. The van der Waals surface area contributed by atoms with Gasteiger partial charge in [0.15, 0.2) is 0 Å². The number of unbranched alkanes of at least 4 members (excludes halogenated alkanes) is 26. The summed E-state index contributed by atoms with van der Waals surface area (Å²) in [6.07, 6.45) is 47.1. The summed E-state index contributed by atoms with van der Waals surface area (Å²) in [6.45, 7) is 5.87. The first-order valence-electron chi connectivity index (χ1n) is 18.0. The van der Waals surface area contributed by atoms with Gasteiger partial charge in [-0.3, -0.25) is 0 Å². The first-order valence-corrected chi connectivity index (χ1v) is 18.0. The molecule has 226 valence electrons. The average Bonchev–Trinajstić information content (AvgIpc) is 3.27. The minimum absolute atomic E-state index is 0.620. The van der Waals surface area contributed by atoms with Gasteiger partial charge in [-0.2, -0.15) is 0 Å². The molecule has 1 aliphatic heterocycles. The predicted octanol–water partition coefficient (Wildman–Crippen LogP) is 12.4. The highest BCUT2D eigenvalue weighted by Crippen LogP contribution is 2.22. The molecule has 0 fully saturated rings. The topological polar surface area (TPSA) is 6.48 Å². The van der Waals surface area contributed by atoms with Gasteiger partial charge in [0.25, 0.3) is 0 Å². The van der Waals surface area contributed by atoms with E-state index in [1.165, 1.54) is 193 Å². The van der Waals surface area contributed by atoms with Gasteiger partial charge in [0, 0.05) is 26.0 Å². The smallest absolute Gasteiger partial charge is 0.100 e. The lowest BCUT2D eigenvalue weighted by Crippen LogP contribution is -2.37. The molecule has 0 bridgehead atoms. The lowest BCUT2D eigenvalue weighted by molar-refractivity contribution is 0.159. The van der Waals surface area contributed by atoms with Crippen LogP contribution in [0.4, 0.5) is 0 Å². The molecule has 0 radical (unpaired) electrons. The first kappa shape index (κ1) is 35.4. The van der Waals surface area contributed by atoms with Crippen LogP contribution in [0.2, 0.25) is 0 Å². The van der Waals surface area contributed by atoms with Crippen LogP contribution in [-0.4, -0.2) is 29.6 Å². The van der Waals surface area contributed by atoms with Gasteiger partial charge in [-0.05, 0) is 19.3 Å². The molecule has 1 aliphatic rings. The third-order valence-electron chi connectivity index (χ3n) is 8.93. The number of hydrogen-bond donors (Lipinski definition) is 0. The van der Waals surface area contributed by atoms with Crippen molar-refractivity contribution >= 4 is 0 Å². The van der Waals surface area contributed by atoms with Crippen LogP contribution in [0.25, 0.3) is 0 Å². The van der Waals surface area contributed by atoms with Crippen molar-refractivity contribution in [1.82, 2.24) is 9.80 Å². The van der Waals surface area contributed by atoms with Crippen molar-refractivity contribution in [3.63, 3.8) is 0 Å². The Bertz CT molecular complexity index is 488. The summed E-state index contributed by atoms with van der Waals surface area (Å²) in [5.74, 6) is 0. The van der Waals surface area contributed by atoms with Crippen LogP contribution in [0, 0.1) is 0 Å². The van der Waals surface area contributed by atoms with Gasteiger partial charge in [0.05, 0.1) is 0 Å². The number of rotatable bonds is 30. The molecule has 0 spiro atoms. The van der Waals surface area contributed by atoms with E-state index in [-0.39, 0.29) is 0 Å². The Morgan fingerprint density at radius 3 is 1.08 bits per heavy atom. The second kappa shape index (κ2) is 27.9. The van der Waals surface area contributed by atoms with E-state index in [1.54, 1.807) is 0 Å². The molecule has 1 atom stereocenters. The molecular formula is C36H72N2. The van der Waals surface area contributed by atoms with Crippen LogP contribution in [0.1, 0.15) is 200 Å². The van der Waals surface area contributed by atoms with Crippen LogP contribution >= 0.6 is 0 Å². The SMILES string of the molecule is CCCCCCCCCCCCCCCCC1N(C)C=CN1CCCCCCCCCCCCCCCC. The van der Waals surface area contributed by atoms with E-state index in [9.17, 15) is 0 Å². The Morgan fingerprint density at radius 2 is 0.711 bits per heavy atom. The van der Waals surface area contributed by atoms with Crippen LogP contribution in [0.5, 0.6) is 0 Å². The summed E-state index contributed by atoms with van der Waals surface area (Å²) in [7, 11) is 2.27. The third-order valence-corrected chi connectivity index (χ3v) is 8.93. The van der Waals surface area contributed by atoms with Crippen molar-refractivity contribution in [2.24, 2.45) is 0 Å². The Kier molecular flexibility index (Phi) is 26.0. The van der Waals surface area contributed by atoms with E-state index >= 15 is 0 Å². The molecular weight excluding hydrogens is 460 g/mol. The minimum Gasteiger partial charge on any atom is -0.359 e. The average molecular weight is 533 g/mol. The number of hydrogen-bond acceptors (Lipinski definition) is 2. The standard InChI is InChI=1S/C36H72N2/c1-4-6-8-10-12-14-16-18-20-22-24-26-28-30-32-36-37(3)34-35-38(36)33-31-29-27-25-23-21-19-17-15-13-11-9-7-5-2/h34-36H,4-33H2,1-3H3. The second-order valence-electron chi connectivity index (χ2n) is 12.7. The van der Waals surface area contributed by atoms with Crippen molar-refractivity contribution in [2.75, 3.05) is 13.6 Å². The Morgan fingerprint density at radius 1 is 0.395 bits per heavy atom. The molecule has 0 saturated heterocycles. The molecule has 2 heteroatoms.